The predicted octanol–water partition coefficient (Wildman–Crippen LogP) is 2.17. The van der Waals surface area contributed by atoms with Crippen molar-refractivity contribution in [3.63, 3.8) is 0 Å². The largest absolute Gasteiger partial charge is 0.481 e. The van der Waals surface area contributed by atoms with Gasteiger partial charge in [0.15, 0.2) is 0 Å². The number of hydrogen-bond donors (Lipinski definition) is 2. The molecular formula is C16H21NO4. The van der Waals surface area contributed by atoms with Gasteiger partial charge >= 0.3 is 5.97 Å². The first-order valence-corrected chi connectivity index (χ1v) is 7.00. The van der Waals surface area contributed by atoms with Crippen molar-refractivity contribution < 1.29 is 19.4 Å². The zero-order chi connectivity index (χ0) is 15.6. The first kappa shape index (κ1) is 15.5. The van der Waals surface area contributed by atoms with Crippen molar-refractivity contribution in [3.05, 3.63) is 29.8 Å². The first-order chi connectivity index (χ1) is 9.89. The molecule has 2 atom stereocenters. The van der Waals surface area contributed by atoms with Crippen LogP contribution in [-0.4, -0.2) is 30.7 Å². The Labute approximate surface area is 124 Å². The second-order valence-electron chi connectivity index (χ2n) is 6.00. The smallest absolute Gasteiger partial charge is 0.307 e. The minimum atomic E-state index is -0.909. The fraction of sp³-hybridized carbons (Fsp3) is 0.500. The van der Waals surface area contributed by atoms with Crippen molar-refractivity contribution in [2.24, 2.45) is 17.3 Å². The van der Waals surface area contributed by atoms with E-state index in [-0.39, 0.29) is 5.91 Å². The van der Waals surface area contributed by atoms with Crippen LogP contribution in [0, 0.1) is 17.3 Å². The highest BCUT2D eigenvalue weighted by atomic mass is 16.5. The van der Waals surface area contributed by atoms with Gasteiger partial charge in [0.05, 0.1) is 18.4 Å². The predicted molar refractivity (Wildman–Crippen MR) is 79.0 cm³/mol. The molecule has 1 aromatic rings. The number of methoxy groups -OCH3 is 1. The Morgan fingerprint density at radius 3 is 2.52 bits per heavy atom. The van der Waals surface area contributed by atoms with Gasteiger partial charge in [-0.3, -0.25) is 9.59 Å². The van der Waals surface area contributed by atoms with Crippen LogP contribution >= 0.6 is 0 Å². The number of carboxylic acid groups (broad SMARTS) is 1. The fourth-order valence-corrected chi connectivity index (χ4v) is 2.87. The highest BCUT2D eigenvalue weighted by Crippen LogP contribution is 2.58. The van der Waals surface area contributed by atoms with Crippen LogP contribution in [0.25, 0.3) is 0 Å². The quantitative estimate of drug-likeness (QED) is 0.842. The number of aliphatic carboxylic acids is 1. The molecule has 1 amide bonds. The SMILES string of the molecule is COCCc1ccccc1NC(=O)C1C(C(=O)O)C1(C)C. The molecule has 1 saturated carbocycles. The van der Waals surface area contributed by atoms with Crippen LogP contribution in [0.2, 0.25) is 0 Å². The van der Waals surface area contributed by atoms with Crippen molar-refractivity contribution in [1.29, 1.82) is 0 Å². The maximum absolute atomic E-state index is 12.3. The van der Waals surface area contributed by atoms with Gasteiger partial charge in [-0.1, -0.05) is 32.0 Å². The lowest BCUT2D eigenvalue weighted by atomic mass is 10.1. The number of rotatable bonds is 6. The molecule has 1 aromatic carbocycles. The number of carbonyl (C=O) groups is 2. The minimum absolute atomic E-state index is 0.225. The summed E-state index contributed by atoms with van der Waals surface area (Å²) in [4.78, 5) is 23.5. The van der Waals surface area contributed by atoms with Crippen molar-refractivity contribution in [2.45, 2.75) is 20.3 Å². The number of hydrogen-bond acceptors (Lipinski definition) is 3. The molecule has 5 nitrogen and oxygen atoms in total. The van der Waals surface area contributed by atoms with Gasteiger partial charge in [-0.25, -0.2) is 0 Å². The molecule has 5 heteroatoms. The molecule has 0 radical (unpaired) electrons. The number of ether oxygens (including phenoxy) is 1. The third-order valence-electron chi connectivity index (χ3n) is 4.23. The minimum Gasteiger partial charge on any atom is -0.481 e. The van der Waals surface area contributed by atoms with Crippen LogP contribution in [0.1, 0.15) is 19.4 Å². The van der Waals surface area contributed by atoms with Gasteiger partial charge in [0.1, 0.15) is 0 Å². The van der Waals surface area contributed by atoms with Gasteiger partial charge in [-0.15, -0.1) is 0 Å². The summed E-state index contributed by atoms with van der Waals surface area (Å²) in [5.41, 5.74) is 1.22. The van der Waals surface area contributed by atoms with Gasteiger partial charge in [-0.05, 0) is 23.5 Å². The third kappa shape index (κ3) is 3.08. The Kier molecular flexibility index (Phi) is 4.32. The fourth-order valence-electron chi connectivity index (χ4n) is 2.87. The zero-order valence-electron chi connectivity index (χ0n) is 12.6. The highest BCUT2D eigenvalue weighted by Gasteiger charge is 2.65. The number of anilines is 1. The summed E-state index contributed by atoms with van der Waals surface area (Å²) in [6, 6.07) is 7.51. The molecule has 2 rings (SSSR count). The molecule has 1 aliphatic carbocycles. The average molecular weight is 291 g/mol. The second-order valence-corrected chi connectivity index (χ2v) is 6.00. The molecule has 1 fully saturated rings. The van der Waals surface area contributed by atoms with Gasteiger partial charge in [-0.2, -0.15) is 0 Å². The number of benzene rings is 1. The summed E-state index contributed by atoms with van der Waals surface area (Å²) in [6.07, 6.45) is 0.698. The number of carboxylic acids is 1. The molecule has 0 aliphatic heterocycles. The van der Waals surface area contributed by atoms with E-state index in [1.165, 1.54) is 0 Å². The van der Waals surface area contributed by atoms with E-state index in [0.29, 0.717) is 13.0 Å². The Balaban J connectivity index is 2.09. The molecule has 114 valence electrons. The third-order valence-corrected chi connectivity index (χ3v) is 4.23. The molecule has 21 heavy (non-hydrogen) atoms. The van der Waals surface area contributed by atoms with Crippen molar-refractivity contribution in [2.75, 3.05) is 19.0 Å². The van der Waals surface area contributed by atoms with Crippen LogP contribution in [0.5, 0.6) is 0 Å². The monoisotopic (exact) mass is 291 g/mol. The number of amides is 1. The second kappa shape index (κ2) is 5.85. The van der Waals surface area contributed by atoms with Gasteiger partial charge in [0.2, 0.25) is 5.91 Å². The lowest BCUT2D eigenvalue weighted by Crippen LogP contribution is -2.19. The maximum Gasteiger partial charge on any atom is 0.307 e. The summed E-state index contributed by atoms with van der Waals surface area (Å²) in [5.74, 6) is -2.22. The van der Waals surface area contributed by atoms with E-state index in [9.17, 15) is 9.59 Å². The molecule has 0 heterocycles. The topological polar surface area (TPSA) is 75.6 Å². The molecule has 0 aromatic heterocycles. The summed E-state index contributed by atoms with van der Waals surface area (Å²) in [5, 5.41) is 12.0. The zero-order valence-corrected chi connectivity index (χ0v) is 12.6. The van der Waals surface area contributed by atoms with E-state index in [4.69, 9.17) is 9.84 Å². The van der Waals surface area contributed by atoms with Crippen molar-refractivity contribution >= 4 is 17.6 Å². The number of carbonyl (C=O) groups excluding carboxylic acids is 1. The van der Waals surface area contributed by atoms with E-state index < -0.39 is 23.2 Å². The first-order valence-electron chi connectivity index (χ1n) is 7.00. The molecule has 0 spiro atoms. The molecular weight excluding hydrogens is 270 g/mol. The number of nitrogens with one attached hydrogen (secondary N) is 1. The molecule has 0 bridgehead atoms. The normalized spacial score (nSPS) is 22.6. The van der Waals surface area contributed by atoms with Crippen LogP contribution < -0.4 is 5.32 Å². The Hall–Kier alpha value is -1.88. The Bertz CT molecular complexity index is 553. The van der Waals surface area contributed by atoms with Crippen LogP contribution in [-0.2, 0) is 20.7 Å². The van der Waals surface area contributed by atoms with E-state index in [0.717, 1.165) is 11.3 Å². The van der Waals surface area contributed by atoms with Gasteiger partial charge in [0, 0.05) is 12.8 Å². The standard InChI is InChI=1S/C16H21NO4/c1-16(2)12(13(16)15(19)20)14(18)17-11-7-5-4-6-10(11)8-9-21-3/h4-7,12-13H,8-9H2,1-3H3,(H,17,18)(H,19,20). The highest BCUT2D eigenvalue weighted by molar-refractivity contribution is 6.00. The molecule has 1 aliphatic rings. The molecule has 0 saturated heterocycles. The molecule has 2 unspecified atom stereocenters. The van der Waals surface area contributed by atoms with E-state index in [2.05, 4.69) is 5.32 Å². The number of para-hydroxylation sites is 1. The molecule has 2 N–H and O–H groups in total. The van der Waals surface area contributed by atoms with E-state index >= 15 is 0 Å². The van der Waals surface area contributed by atoms with E-state index in [1.54, 1.807) is 7.11 Å². The average Bonchev–Trinajstić information content (AvgIpc) is 3.01. The maximum atomic E-state index is 12.3. The van der Waals surface area contributed by atoms with Gasteiger partial charge in [0.25, 0.3) is 0 Å². The summed E-state index contributed by atoms with van der Waals surface area (Å²) >= 11 is 0. The lowest BCUT2D eigenvalue weighted by molar-refractivity contribution is -0.140. The Morgan fingerprint density at radius 2 is 1.95 bits per heavy atom. The van der Waals surface area contributed by atoms with Gasteiger partial charge < -0.3 is 15.2 Å². The van der Waals surface area contributed by atoms with Crippen LogP contribution in [0.4, 0.5) is 5.69 Å². The van der Waals surface area contributed by atoms with Crippen LogP contribution in [0.3, 0.4) is 0 Å². The van der Waals surface area contributed by atoms with Crippen molar-refractivity contribution in [3.8, 4) is 0 Å². The lowest BCUT2D eigenvalue weighted by Gasteiger charge is -2.11. The summed E-state index contributed by atoms with van der Waals surface area (Å²) in [7, 11) is 1.63. The summed E-state index contributed by atoms with van der Waals surface area (Å²) < 4.78 is 5.06. The summed E-state index contributed by atoms with van der Waals surface area (Å²) in [6.45, 7) is 4.19. The van der Waals surface area contributed by atoms with Crippen LogP contribution in [0.15, 0.2) is 24.3 Å². The van der Waals surface area contributed by atoms with E-state index in [1.807, 2.05) is 38.1 Å². The Morgan fingerprint density at radius 1 is 1.29 bits per heavy atom. The van der Waals surface area contributed by atoms with Crippen molar-refractivity contribution in [1.82, 2.24) is 0 Å².